The number of phosphoric acid groups is 2. The molecule has 564 valence electrons. The van der Waals surface area contributed by atoms with Gasteiger partial charge in [-0.25, -0.2) is 9.13 Å². The Kier molecular flexibility index (Phi) is 69.1. The Balaban J connectivity index is 5.10. The van der Waals surface area contributed by atoms with Crippen molar-refractivity contribution in [1.82, 2.24) is 0 Å². The number of rotatable bonds is 77. The third kappa shape index (κ3) is 70.3. The van der Waals surface area contributed by atoms with Crippen LogP contribution < -0.4 is 0 Å². The average Bonchev–Trinajstić information content (AvgIpc) is 1.53. The Morgan fingerprint density at radius 2 is 0.421 bits per heavy atom. The highest BCUT2D eigenvalue weighted by atomic mass is 31.2. The Morgan fingerprint density at radius 3 is 0.621 bits per heavy atom. The number of aliphatic hydroxyl groups is 1. The van der Waals surface area contributed by atoms with E-state index in [1.54, 1.807) is 0 Å². The molecule has 0 saturated carbocycles. The fourth-order valence-electron chi connectivity index (χ4n) is 11.8. The van der Waals surface area contributed by atoms with E-state index in [-0.39, 0.29) is 25.7 Å². The molecule has 0 aliphatic heterocycles. The zero-order chi connectivity index (χ0) is 69.7. The monoisotopic (exact) mass is 1400 g/mol. The number of esters is 4. The first-order valence-electron chi connectivity index (χ1n) is 39.8. The third-order valence-corrected chi connectivity index (χ3v) is 19.8. The molecule has 0 aromatic rings. The molecule has 0 aliphatic rings. The van der Waals surface area contributed by atoms with Crippen molar-refractivity contribution in [3.05, 3.63) is 0 Å². The number of ether oxygens (including phenoxy) is 4. The van der Waals surface area contributed by atoms with Gasteiger partial charge in [-0.15, -0.1) is 0 Å². The highest BCUT2D eigenvalue weighted by Crippen LogP contribution is 2.45. The first kappa shape index (κ1) is 93.1. The lowest BCUT2D eigenvalue weighted by Crippen LogP contribution is -2.30. The van der Waals surface area contributed by atoms with Crippen LogP contribution in [0.25, 0.3) is 0 Å². The first-order chi connectivity index (χ1) is 46.2. The van der Waals surface area contributed by atoms with Gasteiger partial charge in [0.15, 0.2) is 12.2 Å². The summed E-state index contributed by atoms with van der Waals surface area (Å²) in [6.07, 6.45) is 61.6. The minimum atomic E-state index is -4.95. The number of carbonyl (C=O) groups is 4. The summed E-state index contributed by atoms with van der Waals surface area (Å²) in [6, 6.07) is 0. The minimum absolute atomic E-state index is 0.107. The second-order valence-electron chi connectivity index (χ2n) is 27.4. The summed E-state index contributed by atoms with van der Waals surface area (Å²) in [5, 5.41) is 10.6. The van der Waals surface area contributed by atoms with Crippen molar-refractivity contribution in [2.24, 2.45) is 0 Å². The van der Waals surface area contributed by atoms with Gasteiger partial charge in [-0.2, -0.15) is 0 Å². The van der Waals surface area contributed by atoms with Gasteiger partial charge in [-0.05, 0) is 25.7 Å². The quantitative estimate of drug-likeness (QED) is 0.0222. The number of phosphoric ester groups is 2. The summed E-state index contributed by atoms with van der Waals surface area (Å²) in [6.45, 7) is 4.89. The molecule has 0 bridgehead atoms. The molecule has 0 rings (SSSR count). The second kappa shape index (κ2) is 70.5. The van der Waals surface area contributed by atoms with E-state index in [2.05, 4.69) is 27.7 Å². The molecule has 0 fully saturated rings. The standard InChI is InChI=1S/C76H148O17P2/c1-5-9-13-17-20-23-26-28-30-32-33-34-35-36-38-40-42-45-48-51-55-59-63-76(81)93-72(67-87-74(79)61-57-53-49-46-44-41-39-37-31-29-27-24-21-18-14-10-6-2)69-91-95(84,85)89-65-70(77)64-88-94(82,83)90-68-71(66-86-73(78)60-56-52-16-12-8-4)92-75(80)62-58-54-50-47-43-25-22-19-15-11-7-3/h70-72,77H,5-69H2,1-4H3,(H,82,83)(H,84,85)/t70-,71+,72+/m0/s1. The molecule has 0 aromatic heterocycles. The summed E-state index contributed by atoms with van der Waals surface area (Å²) in [5.41, 5.74) is 0. The van der Waals surface area contributed by atoms with Gasteiger partial charge in [-0.1, -0.05) is 355 Å². The fraction of sp³-hybridized carbons (Fsp3) is 0.947. The largest absolute Gasteiger partial charge is 0.472 e. The van der Waals surface area contributed by atoms with Gasteiger partial charge in [0.05, 0.1) is 26.4 Å². The second-order valence-corrected chi connectivity index (χ2v) is 30.3. The van der Waals surface area contributed by atoms with Gasteiger partial charge in [-0.3, -0.25) is 37.3 Å². The Morgan fingerprint density at radius 1 is 0.253 bits per heavy atom. The van der Waals surface area contributed by atoms with Crippen LogP contribution in [0.3, 0.4) is 0 Å². The molecule has 0 heterocycles. The lowest BCUT2D eigenvalue weighted by Gasteiger charge is -2.21. The van der Waals surface area contributed by atoms with E-state index >= 15 is 0 Å². The highest BCUT2D eigenvalue weighted by molar-refractivity contribution is 7.47. The predicted octanol–water partition coefficient (Wildman–Crippen LogP) is 22.6. The lowest BCUT2D eigenvalue weighted by molar-refractivity contribution is -0.161. The van der Waals surface area contributed by atoms with Gasteiger partial charge in [0.2, 0.25) is 0 Å². The van der Waals surface area contributed by atoms with Crippen molar-refractivity contribution in [2.45, 2.75) is 425 Å². The number of hydrogen-bond donors (Lipinski definition) is 3. The van der Waals surface area contributed by atoms with Crippen molar-refractivity contribution < 1.29 is 80.2 Å². The molecule has 2 unspecified atom stereocenters. The first-order valence-corrected chi connectivity index (χ1v) is 42.8. The van der Waals surface area contributed by atoms with Crippen molar-refractivity contribution in [2.75, 3.05) is 39.6 Å². The minimum Gasteiger partial charge on any atom is -0.462 e. The van der Waals surface area contributed by atoms with Crippen LogP contribution in [0.4, 0.5) is 0 Å². The van der Waals surface area contributed by atoms with Crippen LogP contribution in [0.15, 0.2) is 0 Å². The Hall–Kier alpha value is -1.94. The molecule has 0 aromatic carbocycles. The van der Waals surface area contributed by atoms with Crippen LogP contribution in [0, 0.1) is 0 Å². The molecule has 3 N–H and O–H groups in total. The summed E-state index contributed by atoms with van der Waals surface area (Å²) in [5.74, 6) is -2.13. The Bertz CT molecular complexity index is 1810. The van der Waals surface area contributed by atoms with Crippen molar-refractivity contribution >= 4 is 39.5 Å². The van der Waals surface area contributed by atoms with E-state index in [0.717, 1.165) is 96.3 Å². The molecule has 19 heteroatoms. The predicted molar refractivity (Wildman–Crippen MR) is 386 cm³/mol. The molecular weight excluding hydrogens is 1250 g/mol. The zero-order valence-electron chi connectivity index (χ0n) is 61.6. The molecule has 0 aliphatic carbocycles. The highest BCUT2D eigenvalue weighted by Gasteiger charge is 2.30. The van der Waals surface area contributed by atoms with Crippen LogP contribution in [0.2, 0.25) is 0 Å². The lowest BCUT2D eigenvalue weighted by atomic mass is 10.0. The van der Waals surface area contributed by atoms with E-state index in [1.807, 2.05) is 0 Å². The van der Waals surface area contributed by atoms with Gasteiger partial charge >= 0.3 is 39.5 Å². The average molecular weight is 1400 g/mol. The number of unbranched alkanes of at least 4 members (excludes halogenated alkanes) is 51. The number of carbonyl (C=O) groups excluding carboxylic acids is 4. The van der Waals surface area contributed by atoms with Crippen molar-refractivity contribution in [3.63, 3.8) is 0 Å². The summed E-state index contributed by atoms with van der Waals surface area (Å²) >= 11 is 0. The third-order valence-electron chi connectivity index (χ3n) is 17.9. The molecule has 0 amide bonds. The molecule has 95 heavy (non-hydrogen) atoms. The maximum Gasteiger partial charge on any atom is 0.472 e. The van der Waals surface area contributed by atoms with Gasteiger partial charge in [0, 0.05) is 25.7 Å². The number of hydrogen-bond acceptors (Lipinski definition) is 15. The maximum absolute atomic E-state index is 13.1. The van der Waals surface area contributed by atoms with Gasteiger partial charge in [0.1, 0.15) is 19.3 Å². The van der Waals surface area contributed by atoms with Crippen LogP contribution in [0.5, 0.6) is 0 Å². The maximum atomic E-state index is 13.1. The smallest absolute Gasteiger partial charge is 0.462 e. The van der Waals surface area contributed by atoms with Gasteiger partial charge in [0.25, 0.3) is 0 Å². The molecule has 0 saturated heterocycles. The SMILES string of the molecule is CCCCCCCCCCCCCCCCCCCCCCCCC(=O)O[C@H](COC(=O)CCCCCCCCCCCCCCCCCCC)COP(=O)(O)OC[C@@H](O)COP(=O)(O)OC[C@@H](COC(=O)CCCCCCC)OC(=O)CCCCCCCCCCCCC. The van der Waals surface area contributed by atoms with E-state index in [9.17, 15) is 43.2 Å². The molecule has 0 radical (unpaired) electrons. The van der Waals surface area contributed by atoms with Crippen LogP contribution in [0.1, 0.15) is 407 Å². The molecule has 5 atom stereocenters. The molecule has 0 spiro atoms. The van der Waals surface area contributed by atoms with E-state index in [0.29, 0.717) is 25.7 Å². The molecular formula is C76H148O17P2. The van der Waals surface area contributed by atoms with Crippen LogP contribution in [-0.4, -0.2) is 96.7 Å². The zero-order valence-corrected chi connectivity index (χ0v) is 63.4. The van der Waals surface area contributed by atoms with E-state index < -0.39 is 97.5 Å². The van der Waals surface area contributed by atoms with Crippen LogP contribution >= 0.6 is 15.6 Å². The topological polar surface area (TPSA) is 237 Å². The molecule has 17 nitrogen and oxygen atoms in total. The fourth-order valence-corrected chi connectivity index (χ4v) is 13.3. The summed E-state index contributed by atoms with van der Waals surface area (Å²) in [7, 11) is -9.90. The van der Waals surface area contributed by atoms with Crippen molar-refractivity contribution in [1.29, 1.82) is 0 Å². The van der Waals surface area contributed by atoms with E-state index in [1.165, 1.54) is 231 Å². The van der Waals surface area contributed by atoms with E-state index in [4.69, 9.17) is 37.0 Å². The summed E-state index contributed by atoms with van der Waals surface area (Å²) in [4.78, 5) is 72.5. The Labute approximate surface area is 581 Å². The van der Waals surface area contributed by atoms with Crippen LogP contribution in [-0.2, 0) is 65.4 Å². The number of aliphatic hydroxyl groups excluding tert-OH is 1. The van der Waals surface area contributed by atoms with Crippen molar-refractivity contribution in [3.8, 4) is 0 Å². The summed E-state index contributed by atoms with van der Waals surface area (Å²) < 4.78 is 68.2. The normalized spacial score (nSPS) is 13.9. The van der Waals surface area contributed by atoms with Gasteiger partial charge < -0.3 is 33.8 Å².